The van der Waals surface area contributed by atoms with E-state index >= 15 is 0 Å². The molecule has 0 heterocycles. The van der Waals surface area contributed by atoms with E-state index in [4.69, 9.17) is 9.47 Å². The van der Waals surface area contributed by atoms with Gasteiger partial charge in [-0.2, -0.15) is 0 Å². The molecular weight excluding hydrogens is 236 g/mol. The fourth-order valence-electron chi connectivity index (χ4n) is 2.23. The van der Waals surface area contributed by atoms with Crippen LogP contribution in [0.25, 0.3) is 0 Å². The average Bonchev–Trinajstić information content (AvgIpc) is 3.08. The maximum Gasteiger partial charge on any atom is 0.323 e. The van der Waals surface area contributed by atoms with Crippen molar-refractivity contribution >= 4 is 17.7 Å². The van der Waals surface area contributed by atoms with E-state index in [1.807, 2.05) is 0 Å². The van der Waals surface area contributed by atoms with Gasteiger partial charge in [-0.25, -0.2) is 0 Å². The van der Waals surface area contributed by atoms with E-state index in [0.717, 1.165) is 0 Å². The van der Waals surface area contributed by atoms with Crippen LogP contribution >= 0.6 is 0 Å². The summed E-state index contributed by atoms with van der Waals surface area (Å²) in [4.78, 5) is 35.3. The summed E-state index contributed by atoms with van der Waals surface area (Å²) in [5, 5.41) is 0. The van der Waals surface area contributed by atoms with E-state index in [1.54, 1.807) is 13.8 Å². The SMILES string of the molecule is CCOC(=O)C(C)(C(=O)OCC)[C@@H]1C[C@H]1C(C)=O. The molecule has 0 aromatic carbocycles. The lowest BCUT2D eigenvalue weighted by Gasteiger charge is -2.25. The Bertz CT molecular complexity index is 342. The average molecular weight is 256 g/mol. The third-order valence-electron chi connectivity index (χ3n) is 3.45. The number of carbonyl (C=O) groups excluding carboxylic acids is 3. The Hall–Kier alpha value is -1.39. The van der Waals surface area contributed by atoms with Gasteiger partial charge in [-0.1, -0.05) is 0 Å². The van der Waals surface area contributed by atoms with Gasteiger partial charge >= 0.3 is 11.9 Å². The molecule has 0 amide bonds. The molecule has 0 aliphatic heterocycles. The van der Waals surface area contributed by atoms with Crippen molar-refractivity contribution in [2.24, 2.45) is 17.3 Å². The second kappa shape index (κ2) is 5.50. The van der Waals surface area contributed by atoms with Gasteiger partial charge in [0.15, 0.2) is 5.41 Å². The lowest BCUT2D eigenvalue weighted by Crippen LogP contribution is -2.42. The minimum absolute atomic E-state index is 0.000165. The van der Waals surface area contributed by atoms with Crippen molar-refractivity contribution in [2.75, 3.05) is 13.2 Å². The van der Waals surface area contributed by atoms with Crippen LogP contribution in [-0.4, -0.2) is 30.9 Å². The molecule has 1 saturated carbocycles. The van der Waals surface area contributed by atoms with Gasteiger partial charge in [-0.3, -0.25) is 14.4 Å². The topological polar surface area (TPSA) is 69.7 Å². The summed E-state index contributed by atoms with van der Waals surface area (Å²) in [5.41, 5.74) is -1.36. The lowest BCUT2D eigenvalue weighted by molar-refractivity contribution is -0.172. The number of rotatable bonds is 6. The molecule has 1 aliphatic carbocycles. The number of hydrogen-bond donors (Lipinski definition) is 0. The quantitative estimate of drug-likeness (QED) is 0.530. The first kappa shape index (κ1) is 14.7. The Morgan fingerprint density at radius 3 is 1.83 bits per heavy atom. The summed E-state index contributed by atoms with van der Waals surface area (Å²) >= 11 is 0. The number of ketones is 1. The Kier molecular flexibility index (Phi) is 4.48. The molecule has 0 saturated heterocycles. The fraction of sp³-hybridized carbons (Fsp3) is 0.769. The highest BCUT2D eigenvalue weighted by Crippen LogP contribution is 2.52. The van der Waals surface area contributed by atoms with Crippen molar-refractivity contribution in [3.63, 3.8) is 0 Å². The van der Waals surface area contributed by atoms with Crippen molar-refractivity contribution in [3.05, 3.63) is 0 Å². The molecule has 0 radical (unpaired) electrons. The molecule has 0 N–H and O–H groups in total. The number of hydrogen-bond acceptors (Lipinski definition) is 5. The first-order valence-electron chi connectivity index (χ1n) is 6.24. The largest absolute Gasteiger partial charge is 0.465 e. The van der Waals surface area contributed by atoms with E-state index in [2.05, 4.69) is 0 Å². The Morgan fingerprint density at radius 2 is 1.56 bits per heavy atom. The maximum absolute atomic E-state index is 12.0. The zero-order valence-electron chi connectivity index (χ0n) is 11.3. The number of Topliss-reactive ketones (excluding diaryl/α,β-unsaturated/α-hetero) is 1. The van der Waals surface area contributed by atoms with Crippen molar-refractivity contribution in [2.45, 2.75) is 34.1 Å². The Balaban J connectivity index is 2.92. The van der Waals surface area contributed by atoms with Crippen LogP contribution in [0.1, 0.15) is 34.1 Å². The third kappa shape index (κ3) is 2.54. The van der Waals surface area contributed by atoms with Gasteiger partial charge < -0.3 is 9.47 Å². The van der Waals surface area contributed by atoms with Crippen LogP contribution in [0, 0.1) is 17.3 Å². The predicted molar refractivity (Wildman–Crippen MR) is 63.7 cm³/mol. The predicted octanol–water partition coefficient (Wildman–Crippen LogP) is 1.34. The van der Waals surface area contributed by atoms with Gasteiger partial charge in [0.05, 0.1) is 13.2 Å². The minimum atomic E-state index is -1.36. The highest BCUT2D eigenvalue weighted by atomic mass is 16.6. The van der Waals surface area contributed by atoms with Crippen molar-refractivity contribution in [1.29, 1.82) is 0 Å². The van der Waals surface area contributed by atoms with Crippen LogP contribution in [0.3, 0.4) is 0 Å². The summed E-state index contributed by atoms with van der Waals surface area (Å²) in [5.74, 6) is -1.73. The molecule has 0 bridgehead atoms. The molecule has 0 unspecified atom stereocenters. The van der Waals surface area contributed by atoms with Crippen LogP contribution in [0.4, 0.5) is 0 Å². The van der Waals surface area contributed by atoms with Crippen LogP contribution in [0.5, 0.6) is 0 Å². The number of ether oxygens (including phenoxy) is 2. The molecule has 2 atom stereocenters. The van der Waals surface area contributed by atoms with Gasteiger partial charge in [0, 0.05) is 5.92 Å². The molecule has 0 aromatic rings. The maximum atomic E-state index is 12.0. The van der Waals surface area contributed by atoms with Gasteiger partial charge in [-0.05, 0) is 40.0 Å². The van der Waals surface area contributed by atoms with Crippen molar-refractivity contribution < 1.29 is 23.9 Å². The first-order valence-corrected chi connectivity index (χ1v) is 6.24. The monoisotopic (exact) mass is 256 g/mol. The molecule has 18 heavy (non-hydrogen) atoms. The van der Waals surface area contributed by atoms with E-state index in [0.29, 0.717) is 6.42 Å². The smallest absolute Gasteiger partial charge is 0.323 e. The molecule has 1 fully saturated rings. The molecule has 5 nitrogen and oxygen atoms in total. The van der Waals surface area contributed by atoms with Crippen LogP contribution in [-0.2, 0) is 23.9 Å². The third-order valence-corrected chi connectivity index (χ3v) is 3.45. The normalized spacial score (nSPS) is 22.2. The number of carbonyl (C=O) groups is 3. The van der Waals surface area contributed by atoms with Gasteiger partial charge in [-0.15, -0.1) is 0 Å². The zero-order chi connectivity index (χ0) is 13.9. The van der Waals surface area contributed by atoms with Gasteiger partial charge in [0.25, 0.3) is 0 Å². The summed E-state index contributed by atoms with van der Waals surface area (Å²) in [6, 6.07) is 0. The molecular formula is C13H20O5. The van der Waals surface area contributed by atoms with E-state index in [-0.39, 0.29) is 30.8 Å². The highest BCUT2D eigenvalue weighted by molar-refractivity contribution is 6.01. The standard InChI is InChI=1S/C13H20O5/c1-5-17-11(15)13(4,12(16)18-6-2)10-7-9(10)8(3)14/h9-10H,5-7H2,1-4H3/t9-,10+/m0/s1. The number of esters is 2. The Labute approximate surface area is 107 Å². The summed E-state index contributed by atoms with van der Waals surface area (Å²) < 4.78 is 9.91. The molecule has 102 valence electrons. The van der Waals surface area contributed by atoms with Crippen molar-refractivity contribution in [1.82, 2.24) is 0 Å². The summed E-state index contributed by atoms with van der Waals surface area (Å²) in [6.07, 6.45) is 0.545. The molecule has 0 aromatic heterocycles. The molecule has 1 aliphatic rings. The van der Waals surface area contributed by atoms with Crippen LogP contribution < -0.4 is 0 Å². The van der Waals surface area contributed by atoms with E-state index in [1.165, 1.54) is 13.8 Å². The highest BCUT2D eigenvalue weighted by Gasteiger charge is 2.61. The second-order valence-electron chi connectivity index (χ2n) is 4.70. The van der Waals surface area contributed by atoms with Crippen LogP contribution in [0.2, 0.25) is 0 Å². The summed E-state index contributed by atoms with van der Waals surface area (Å²) in [7, 11) is 0. The molecule has 5 heteroatoms. The van der Waals surface area contributed by atoms with Gasteiger partial charge in [0.1, 0.15) is 5.78 Å². The van der Waals surface area contributed by atoms with E-state index in [9.17, 15) is 14.4 Å². The molecule has 1 rings (SSSR count). The second-order valence-corrected chi connectivity index (χ2v) is 4.70. The van der Waals surface area contributed by atoms with Crippen LogP contribution in [0.15, 0.2) is 0 Å². The van der Waals surface area contributed by atoms with Gasteiger partial charge in [0.2, 0.25) is 0 Å². The van der Waals surface area contributed by atoms with E-state index < -0.39 is 17.4 Å². The fourth-order valence-corrected chi connectivity index (χ4v) is 2.23. The van der Waals surface area contributed by atoms with Crippen molar-refractivity contribution in [3.8, 4) is 0 Å². The summed E-state index contributed by atoms with van der Waals surface area (Å²) in [6.45, 7) is 6.74. The first-order chi connectivity index (χ1) is 8.39. The Morgan fingerprint density at radius 1 is 1.11 bits per heavy atom. The molecule has 0 spiro atoms. The zero-order valence-corrected chi connectivity index (χ0v) is 11.3. The minimum Gasteiger partial charge on any atom is -0.465 e. The lowest BCUT2D eigenvalue weighted by atomic mass is 9.83.